The molecule has 2 saturated carbocycles. The molecule has 5 heteroatoms. The first-order chi connectivity index (χ1) is 11.2. The number of esters is 1. The van der Waals surface area contributed by atoms with Crippen molar-refractivity contribution in [1.82, 2.24) is 5.32 Å². The van der Waals surface area contributed by atoms with Gasteiger partial charge in [0.05, 0.1) is 6.61 Å². The Balaban J connectivity index is 1.57. The summed E-state index contributed by atoms with van der Waals surface area (Å²) < 4.78 is 10.2. The summed E-state index contributed by atoms with van der Waals surface area (Å²) in [6.07, 6.45) is 4.91. The molecule has 0 saturated heterocycles. The monoisotopic (exact) mass is 317 g/mol. The Kier molecular flexibility index (Phi) is 4.84. The first kappa shape index (κ1) is 15.8. The van der Waals surface area contributed by atoms with Gasteiger partial charge in [-0.2, -0.15) is 0 Å². The van der Waals surface area contributed by atoms with Crippen molar-refractivity contribution in [2.24, 2.45) is 11.8 Å². The quantitative estimate of drug-likeness (QED) is 0.748. The normalized spacial score (nSPS) is 17.0. The molecule has 0 spiro atoms. The summed E-state index contributed by atoms with van der Waals surface area (Å²) in [5.74, 6) is 1.35. The lowest BCUT2D eigenvalue weighted by atomic mass is 10.1. The summed E-state index contributed by atoms with van der Waals surface area (Å²) in [6.45, 7) is 1.93. The first-order valence-electron chi connectivity index (χ1n) is 8.36. The molecule has 124 valence electrons. The van der Waals surface area contributed by atoms with Gasteiger partial charge in [-0.3, -0.25) is 4.79 Å². The molecule has 0 aliphatic heterocycles. The van der Waals surface area contributed by atoms with E-state index < -0.39 is 5.97 Å². The van der Waals surface area contributed by atoms with Crippen LogP contribution in [0.4, 0.5) is 0 Å². The van der Waals surface area contributed by atoms with Gasteiger partial charge < -0.3 is 14.8 Å². The molecule has 1 amide bonds. The van der Waals surface area contributed by atoms with Crippen LogP contribution in [0.1, 0.15) is 43.0 Å². The number of carbonyl (C=O) groups excluding carboxylic acids is 2. The Bertz CT molecular complexity index is 566. The highest BCUT2D eigenvalue weighted by Gasteiger charge is 2.42. The van der Waals surface area contributed by atoms with Crippen molar-refractivity contribution >= 4 is 11.9 Å². The van der Waals surface area contributed by atoms with E-state index in [4.69, 9.17) is 9.47 Å². The van der Waals surface area contributed by atoms with E-state index in [0.717, 1.165) is 0 Å². The van der Waals surface area contributed by atoms with Crippen molar-refractivity contribution < 1.29 is 19.1 Å². The van der Waals surface area contributed by atoms with Crippen molar-refractivity contribution in [3.05, 3.63) is 29.8 Å². The minimum Gasteiger partial charge on any atom is -0.482 e. The second-order valence-electron chi connectivity index (χ2n) is 6.30. The Labute approximate surface area is 136 Å². The highest BCUT2D eigenvalue weighted by molar-refractivity contribution is 5.94. The van der Waals surface area contributed by atoms with Crippen LogP contribution in [0.2, 0.25) is 0 Å². The van der Waals surface area contributed by atoms with Gasteiger partial charge in [-0.05, 0) is 62.6 Å². The summed E-state index contributed by atoms with van der Waals surface area (Å²) in [4.78, 5) is 23.8. The highest BCUT2D eigenvalue weighted by Crippen LogP contribution is 2.44. The molecule has 0 aromatic heterocycles. The molecule has 2 aliphatic carbocycles. The topological polar surface area (TPSA) is 64.6 Å². The van der Waals surface area contributed by atoms with Crippen LogP contribution in [0.3, 0.4) is 0 Å². The molecule has 0 radical (unpaired) electrons. The third-order valence-corrected chi connectivity index (χ3v) is 4.32. The predicted octanol–water partition coefficient (Wildman–Crippen LogP) is 2.55. The maximum Gasteiger partial charge on any atom is 0.344 e. The molecule has 1 N–H and O–H groups in total. The molecular weight excluding hydrogens is 294 g/mol. The lowest BCUT2D eigenvalue weighted by Gasteiger charge is -2.18. The van der Waals surface area contributed by atoms with Crippen molar-refractivity contribution in [3.63, 3.8) is 0 Å². The van der Waals surface area contributed by atoms with Crippen molar-refractivity contribution in [2.45, 2.75) is 38.6 Å². The zero-order valence-electron chi connectivity index (χ0n) is 13.4. The van der Waals surface area contributed by atoms with Crippen LogP contribution in [0.15, 0.2) is 24.3 Å². The average molecular weight is 317 g/mol. The smallest absolute Gasteiger partial charge is 0.344 e. The van der Waals surface area contributed by atoms with Crippen LogP contribution < -0.4 is 10.1 Å². The van der Waals surface area contributed by atoms with E-state index in [2.05, 4.69) is 5.32 Å². The zero-order chi connectivity index (χ0) is 16.2. The molecule has 0 atom stereocenters. The fraction of sp³-hybridized carbons (Fsp3) is 0.556. The summed E-state index contributed by atoms with van der Waals surface area (Å²) in [5.41, 5.74) is 0.567. The van der Waals surface area contributed by atoms with E-state index >= 15 is 0 Å². The first-order valence-corrected chi connectivity index (χ1v) is 8.36. The molecule has 2 fully saturated rings. The van der Waals surface area contributed by atoms with E-state index in [-0.39, 0.29) is 12.5 Å². The van der Waals surface area contributed by atoms with Gasteiger partial charge in [0, 0.05) is 11.6 Å². The second-order valence-corrected chi connectivity index (χ2v) is 6.30. The third kappa shape index (κ3) is 4.47. The highest BCUT2D eigenvalue weighted by atomic mass is 16.6. The summed E-state index contributed by atoms with van der Waals surface area (Å²) in [7, 11) is 0. The number of hydrogen-bond acceptors (Lipinski definition) is 4. The number of carbonyl (C=O) groups is 2. The lowest BCUT2D eigenvalue weighted by molar-refractivity contribution is -0.145. The molecule has 1 aromatic carbocycles. The Hall–Kier alpha value is -2.04. The molecule has 0 heterocycles. The van der Waals surface area contributed by atoms with Gasteiger partial charge in [-0.25, -0.2) is 4.79 Å². The molecule has 2 aliphatic rings. The fourth-order valence-electron chi connectivity index (χ4n) is 2.84. The summed E-state index contributed by atoms with van der Waals surface area (Å²) in [5, 5.41) is 3.18. The number of nitrogens with one attached hydrogen (secondary N) is 1. The maximum atomic E-state index is 12.5. The third-order valence-electron chi connectivity index (χ3n) is 4.32. The molecule has 23 heavy (non-hydrogen) atoms. The van der Waals surface area contributed by atoms with E-state index in [1.807, 2.05) is 0 Å². The minimum absolute atomic E-state index is 0.0598. The second kappa shape index (κ2) is 7.02. The van der Waals surface area contributed by atoms with Gasteiger partial charge in [0.25, 0.3) is 5.91 Å². The minimum atomic E-state index is -0.412. The van der Waals surface area contributed by atoms with Crippen molar-refractivity contribution in [3.8, 4) is 5.75 Å². The van der Waals surface area contributed by atoms with Crippen LogP contribution in [0.25, 0.3) is 0 Å². The number of rotatable bonds is 8. The zero-order valence-corrected chi connectivity index (χ0v) is 13.4. The van der Waals surface area contributed by atoms with E-state index in [1.165, 1.54) is 25.7 Å². The Morgan fingerprint density at radius 3 is 2.52 bits per heavy atom. The van der Waals surface area contributed by atoms with Gasteiger partial charge in [0.1, 0.15) is 5.75 Å². The van der Waals surface area contributed by atoms with Gasteiger partial charge in [0.15, 0.2) is 6.61 Å². The van der Waals surface area contributed by atoms with Crippen LogP contribution in [0.5, 0.6) is 5.75 Å². The van der Waals surface area contributed by atoms with E-state index in [1.54, 1.807) is 31.2 Å². The van der Waals surface area contributed by atoms with Gasteiger partial charge in [0.2, 0.25) is 0 Å². The molecule has 5 nitrogen and oxygen atoms in total. The van der Waals surface area contributed by atoms with Crippen molar-refractivity contribution in [2.75, 3.05) is 13.2 Å². The Morgan fingerprint density at radius 2 is 1.91 bits per heavy atom. The lowest BCUT2D eigenvalue weighted by Crippen LogP contribution is -2.38. The number of ether oxygens (including phenoxy) is 2. The Morgan fingerprint density at radius 1 is 1.22 bits per heavy atom. The van der Waals surface area contributed by atoms with Crippen LogP contribution in [-0.4, -0.2) is 31.1 Å². The van der Waals surface area contributed by atoms with Gasteiger partial charge >= 0.3 is 5.97 Å². The molecule has 3 rings (SSSR count). The van der Waals surface area contributed by atoms with Gasteiger partial charge in [-0.1, -0.05) is 6.07 Å². The van der Waals surface area contributed by atoms with Crippen molar-refractivity contribution in [1.29, 1.82) is 0 Å². The molecule has 1 aromatic rings. The standard InChI is InChI=1S/C18H23NO4/c1-2-22-16(20)11-23-15-5-3-4-14(10-15)18(21)19-17(12-6-7-12)13-8-9-13/h3-5,10,12-13,17H,2,6-9,11H2,1H3,(H,19,21). The number of amides is 1. The molecular formula is C18H23NO4. The van der Waals surface area contributed by atoms with Crippen LogP contribution in [0, 0.1) is 11.8 Å². The number of benzene rings is 1. The van der Waals surface area contributed by atoms with Crippen LogP contribution >= 0.6 is 0 Å². The predicted molar refractivity (Wildman–Crippen MR) is 85.3 cm³/mol. The van der Waals surface area contributed by atoms with Gasteiger partial charge in [-0.15, -0.1) is 0 Å². The molecule has 0 bridgehead atoms. The van der Waals surface area contributed by atoms with E-state index in [9.17, 15) is 9.59 Å². The largest absolute Gasteiger partial charge is 0.482 e. The summed E-state index contributed by atoms with van der Waals surface area (Å²) >= 11 is 0. The molecule has 0 unspecified atom stereocenters. The SMILES string of the molecule is CCOC(=O)COc1cccc(C(=O)NC(C2CC2)C2CC2)c1. The van der Waals surface area contributed by atoms with E-state index in [0.29, 0.717) is 35.8 Å². The number of hydrogen-bond donors (Lipinski definition) is 1. The van der Waals surface area contributed by atoms with Crippen LogP contribution in [-0.2, 0) is 9.53 Å². The average Bonchev–Trinajstić information content (AvgIpc) is 3.44. The maximum absolute atomic E-state index is 12.5. The summed E-state index contributed by atoms with van der Waals surface area (Å²) in [6, 6.07) is 7.26. The fourth-order valence-corrected chi connectivity index (χ4v) is 2.84.